The molecule has 2 aliphatic rings. The fraction of sp³-hybridized carbons (Fsp3) is 0.625. The van der Waals surface area contributed by atoms with Gasteiger partial charge in [0, 0.05) is 13.1 Å². The minimum Gasteiger partial charge on any atom is -0.396 e. The standard InChI is InChI=1S/C16H23FN2/c1-19(9-12-3-5-16(18)15(17)8-12)10-14-7-11-2-4-13(14)6-11/h3,5,8,11,13-14H,2,4,6-7,9-10,18H2,1H3. The molecule has 0 radical (unpaired) electrons. The van der Waals surface area contributed by atoms with Crippen molar-refractivity contribution in [3.05, 3.63) is 29.6 Å². The molecule has 2 saturated carbocycles. The van der Waals surface area contributed by atoms with E-state index in [9.17, 15) is 4.39 Å². The molecule has 3 atom stereocenters. The molecule has 2 nitrogen and oxygen atoms in total. The summed E-state index contributed by atoms with van der Waals surface area (Å²) >= 11 is 0. The number of rotatable bonds is 4. The van der Waals surface area contributed by atoms with Gasteiger partial charge in [0.25, 0.3) is 0 Å². The zero-order valence-corrected chi connectivity index (χ0v) is 11.6. The topological polar surface area (TPSA) is 29.3 Å². The average Bonchev–Trinajstić information content (AvgIpc) is 2.96. The van der Waals surface area contributed by atoms with Crippen LogP contribution in [0.15, 0.2) is 18.2 Å². The van der Waals surface area contributed by atoms with Crippen molar-refractivity contribution in [1.29, 1.82) is 0 Å². The second-order valence-electron chi connectivity index (χ2n) is 6.49. The third-order valence-corrected chi connectivity index (χ3v) is 4.95. The number of nitrogens with zero attached hydrogens (tertiary/aromatic N) is 1. The molecular weight excluding hydrogens is 239 g/mol. The molecule has 0 amide bonds. The fourth-order valence-electron chi connectivity index (χ4n) is 4.05. The number of hydrogen-bond acceptors (Lipinski definition) is 2. The Bertz CT molecular complexity index is 460. The van der Waals surface area contributed by atoms with Crippen LogP contribution in [0.3, 0.4) is 0 Å². The Balaban J connectivity index is 1.56. The summed E-state index contributed by atoms with van der Waals surface area (Å²) in [6.07, 6.45) is 5.74. The number of nitrogen functional groups attached to an aromatic ring is 1. The van der Waals surface area contributed by atoms with Crippen molar-refractivity contribution in [3.8, 4) is 0 Å². The van der Waals surface area contributed by atoms with Crippen molar-refractivity contribution in [3.63, 3.8) is 0 Å². The number of nitrogens with two attached hydrogens (primary N) is 1. The van der Waals surface area contributed by atoms with Gasteiger partial charge in [-0.1, -0.05) is 12.5 Å². The van der Waals surface area contributed by atoms with E-state index in [1.54, 1.807) is 12.1 Å². The summed E-state index contributed by atoms with van der Waals surface area (Å²) in [4.78, 5) is 2.33. The van der Waals surface area contributed by atoms with Crippen LogP contribution in [0.1, 0.15) is 31.2 Å². The average molecular weight is 262 g/mol. The summed E-state index contributed by atoms with van der Waals surface area (Å²) in [7, 11) is 2.14. The van der Waals surface area contributed by atoms with Gasteiger partial charge in [-0.3, -0.25) is 0 Å². The van der Waals surface area contributed by atoms with Crippen LogP contribution in [0.5, 0.6) is 0 Å². The highest BCUT2D eigenvalue weighted by molar-refractivity contribution is 5.41. The molecule has 104 valence electrons. The van der Waals surface area contributed by atoms with Gasteiger partial charge in [0.1, 0.15) is 5.82 Å². The van der Waals surface area contributed by atoms with Crippen LogP contribution in [-0.4, -0.2) is 18.5 Å². The van der Waals surface area contributed by atoms with Crippen molar-refractivity contribution in [1.82, 2.24) is 4.90 Å². The maximum Gasteiger partial charge on any atom is 0.146 e. The monoisotopic (exact) mass is 262 g/mol. The van der Waals surface area contributed by atoms with E-state index in [1.165, 1.54) is 25.7 Å². The predicted octanol–water partition coefficient (Wildman–Crippen LogP) is 3.28. The Morgan fingerprint density at radius 1 is 1.32 bits per heavy atom. The van der Waals surface area contributed by atoms with Crippen LogP contribution in [-0.2, 0) is 6.54 Å². The second-order valence-corrected chi connectivity index (χ2v) is 6.49. The molecule has 1 aromatic rings. The van der Waals surface area contributed by atoms with Crippen molar-refractivity contribution in [2.24, 2.45) is 17.8 Å². The van der Waals surface area contributed by atoms with Gasteiger partial charge >= 0.3 is 0 Å². The van der Waals surface area contributed by atoms with Gasteiger partial charge in [-0.05, 0) is 61.8 Å². The molecule has 3 heteroatoms. The quantitative estimate of drug-likeness (QED) is 0.844. The maximum absolute atomic E-state index is 13.4. The van der Waals surface area contributed by atoms with Gasteiger partial charge in [0.05, 0.1) is 5.69 Å². The van der Waals surface area contributed by atoms with E-state index in [0.29, 0.717) is 0 Å². The summed E-state index contributed by atoms with van der Waals surface area (Å²) in [6.45, 7) is 1.96. The van der Waals surface area contributed by atoms with E-state index in [4.69, 9.17) is 5.73 Å². The smallest absolute Gasteiger partial charge is 0.146 e. The first kappa shape index (κ1) is 12.9. The van der Waals surface area contributed by atoms with Crippen molar-refractivity contribution >= 4 is 5.69 Å². The highest BCUT2D eigenvalue weighted by Gasteiger charge is 2.39. The minimum atomic E-state index is -0.300. The van der Waals surface area contributed by atoms with E-state index in [-0.39, 0.29) is 11.5 Å². The zero-order chi connectivity index (χ0) is 13.4. The first-order chi connectivity index (χ1) is 9.11. The maximum atomic E-state index is 13.4. The molecule has 1 aromatic carbocycles. The lowest BCUT2D eigenvalue weighted by Gasteiger charge is -2.27. The molecule has 3 unspecified atom stereocenters. The van der Waals surface area contributed by atoms with Gasteiger partial charge in [-0.25, -0.2) is 4.39 Å². The summed E-state index contributed by atoms with van der Waals surface area (Å²) in [6, 6.07) is 5.15. The minimum absolute atomic E-state index is 0.236. The summed E-state index contributed by atoms with van der Waals surface area (Å²) in [5.74, 6) is 2.51. The third kappa shape index (κ3) is 2.76. The first-order valence-electron chi connectivity index (χ1n) is 7.34. The van der Waals surface area contributed by atoms with E-state index < -0.39 is 0 Å². The Morgan fingerprint density at radius 3 is 2.79 bits per heavy atom. The summed E-state index contributed by atoms with van der Waals surface area (Å²) in [5, 5.41) is 0. The molecule has 3 rings (SSSR count). The number of anilines is 1. The molecule has 0 saturated heterocycles. The van der Waals surface area contributed by atoms with Crippen LogP contribution in [0, 0.1) is 23.6 Å². The van der Waals surface area contributed by atoms with Crippen molar-refractivity contribution in [2.75, 3.05) is 19.3 Å². The molecule has 0 spiro atoms. The van der Waals surface area contributed by atoms with Crippen LogP contribution in [0.4, 0.5) is 10.1 Å². The van der Waals surface area contributed by atoms with Crippen LogP contribution in [0.2, 0.25) is 0 Å². The third-order valence-electron chi connectivity index (χ3n) is 4.95. The van der Waals surface area contributed by atoms with Crippen LogP contribution in [0.25, 0.3) is 0 Å². The lowest BCUT2D eigenvalue weighted by atomic mass is 9.88. The Morgan fingerprint density at radius 2 is 2.16 bits per heavy atom. The molecule has 0 aromatic heterocycles. The van der Waals surface area contributed by atoms with E-state index in [1.807, 2.05) is 6.07 Å². The lowest BCUT2D eigenvalue weighted by Crippen LogP contribution is -2.28. The van der Waals surface area contributed by atoms with Gasteiger partial charge < -0.3 is 10.6 Å². The molecule has 0 heterocycles. The Hall–Kier alpha value is -1.09. The largest absolute Gasteiger partial charge is 0.396 e. The molecule has 19 heavy (non-hydrogen) atoms. The predicted molar refractivity (Wildman–Crippen MR) is 76.1 cm³/mol. The van der Waals surface area contributed by atoms with Gasteiger partial charge in [0.15, 0.2) is 0 Å². The molecule has 2 N–H and O–H groups in total. The van der Waals surface area contributed by atoms with Gasteiger partial charge in [0.2, 0.25) is 0 Å². The normalized spacial score (nSPS) is 29.3. The van der Waals surface area contributed by atoms with E-state index in [0.717, 1.165) is 36.4 Å². The zero-order valence-electron chi connectivity index (χ0n) is 11.6. The van der Waals surface area contributed by atoms with Gasteiger partial charge in [-0.15, -0.1) is 0 Å². The van der Waals surface area contributed by atoms with Gasteiger partial charge in [-0.2, -0.15) is 0 Å². The number of halogens is 1. The van der Waals surface area contributed by atoms with Crippen molar-refractivity contribution < 1.29 is 4.39 Å². The molecule has 0 aliphatic heterocycles. The lowest BCUT2D eigenvalue weighted by molar-refractivity contribution is 0.214. The molecule has 2 fully saturated rings. The highest BCUT2D eigenvalue weighted by atomic mass is 19.1. The number of hydrogen-bond donors (Lipinski definition) is 1. The molecular formula is C16H23FN2. The fourth-order valence-corrected chi connectivity index (χ4v) is 4.05. The second kappa shape index (κ2) is 5.12. The highest BCUT2D eigenvalue weighted by Crippen LogP contribution is 2.48. The summed E-state index contributed by atoms with van der Waals surface area (Å²) in [5.41, 5.74) is 6.75. The van der Waals surface area contributed by atoms with Crippen molar-refractivity contribution in [2.45, 2.75) is 32.2 Å². The SMILES string of the molecule is CN(Cc1ccc(N)c(F)c1)CC1CC2CCC1C2. The molecule has 2 bridgehead atoms. The molecule has 2 aliphatic carbocycles. The number of benzene rings is 1. The Labute approximate surface area is 114 Å². The summed E-state index contributed by atoms with van der Waals surface area (Å²) < 4.78 is 13.4. The number of fused-ring (bicyclic) bond motifs is 2. The van der Waals surface area contributed by atoms with Crippen LogP contribution < -0.4 is 5.73 Å². The van der Waals surface area contributed by atoms with E-state index in [2.05, 4.69) is 11.9 Å². The Kier molecular flexibility index (Phi) is 3.48. The van der Waals surface area contributed by atoms with Crippen LogP contribution >= 0.6 is 0 Å². The van der Waals surface area contributed by atoms with E-state index >= 15 is 0 Å². The first-order valence-corrected chi connectivity index (χ1v) is 7.34.